The number of hydrogen-bond acceptors (Lipinski definition) is 4. The number of carbonyl (C=O) groups excluding carboxylic acids is 1. The van der Waals surface area contributed by atoms with Gasteiger partial charge in [0, 0.05) is 17.6 Å². The molecule has 0 aliphatic carbocycles. The summed E-state index contributed by atoms with van der Waals surface area (Å²) in [4.78, 5) is 20.9. The van der Waals surface area contributed by atoms with Gasteiger partial charge in [0.15, 0.2) is 0 Å². The first kappa shape index (κ1) is 18.5. The minimum Gasteiger partial charge on any atom is -0.370 e. The summed E-state index contributed by atoms with van der Waals surface area (Å²) >= 11 is 11.9. The average molecular weight is 367 g/mol. The molecule has 24 heavy (non-hydrogen) atoms. The molecular weight excluding hydrogens is 347 g/mol. The van der Waals surface area contributed by atoms with Crippen molar-refractivity contribution in [3.05, 3.63) is 45.8 Å². The Kier molecular flexibility index (Phi) is 6.40. The van der Waals surface area contributed by atoms with Gasteiger partial charge in [-0.15, -0.1) is 0 Å². The maximum atomic E-state index is 12.4. The van der Waals surface area contributed by atoms with E-state index in [0.717, 1.165) is 13.0 Å². The monoisotopic (exact) mass is 366 g/mol. The normalized spacial score (nSPS) is 10.8. The summed E-state index contributed by atoms with van der Waals surface area (Å²) in [7, 11) is 0. The van der Waals surface area contributed by atoms with Crippen molar-refractivity contribution in [2.45, 2.75) is 27.2 Å². The zero-order valence-electron chi connectivity index (χ0n) is 13.9. The molecule has 1 aromatic heterocycles. The second kappa shape index (κ2) is 8.31. The lowest BCUT2D eigenvalue weighted by atomic mass is 10.1. The van der Waals surface area contributed by atoms with Crippen molar-refractivity contribution < 1.29 is 4.79 Å². The zero-order chi connectivity index (χ0) is 17.7. The lowest BCUT2D eigenvalue weighted by Gasteiger charge is -2.11. The number of hydrogen-bond donors (Lipinski definition) is 2. The molecule has 0 atom stereocenters. The number of benzene rings is 1. The predicted octanol–water partition coefficient (Wildman–Crippen LogP) is 4.80. The summed E-state index contributed by atoms with van der Waals surface area (Å²) in [6.07, 6.45) is 1.02. The minimum atomic E-state index is -0.350. The average Bonchev–Trinajstić information content (AvgIpc) is 2.49. The van der Waals surface area contributed by atoms with E-state index >= 15 is 0 Å². The van der Waals surface area contributed by atoms with E-state index in [2.05, 4.69) is 34.4 Å². The molecule has 0 fully saturated rings. The molecule has 0 saturated heterocycles. The number of nitrogens with one attached hydrogen (secondary N) is 2. The van der Waals surface area contributed by atoms with Crippen LogP contribution in [0.5, 0.6) is 0 Å². The number of anilines is 2. The molecule has 2 aromatic rings. The van der Waals surface area contributed by atoms with Crippen LogP contribution in [-0.4, -0.2) is 22.4 Å². The molecule has 1 heterocycles. The maximum absolute atomic E-state index is 12.4. The SMILES string of the molecule is Cc1nc(NCCC(C)C)cc(C(=O)Nc2ccc(Cl)cc2Cl)n1. The third-order valence-electron chi connectivity index (χ3n) is 3.28. The fraction of sp³-hybridized carbons (Fsp3) is 0.353. The third kappa shape index (κ3) is 5.35. The van der Waals surface area contributed by atoms with Crippen LogP contribution in [0.2, 0.25) is 10.0 Å². The molecule has 0 bridgehead atoms. The van der Waals surface area contributed by atoms with Gasteiger partial charge in [0.05, 0.1) is 10.7 Å². The molecule has 1 aromatic carbocycles. The van der Waals surface area contributed by atoms with Crippen LogP contribution < -0.4 is 10.6 Å². The van der Waals surface area contributed by atoms with Crippen molar-refractivity contribution in [1.29, 1.82) is 0 Å². The Morgan fingerprint density at radius 2 is 1.96 bits per heavy atom. The van der Waals surface area contributed by atoms with E-state index in [1.54, 1.807) is 31.2 Å². The van der Waals surface area contributed by atoms with E-state index in [1.165, 1.54) is 0 Å². The third-order valence-corrected chi connectivity index (χ3v) is 3.83. The number of rotatable bonds is 6. The largest absolute Gasteiger partial charge is 0.370 e. The first-order chi connectivity index (χ1) is 11.3. The molecule has 0 spiro atoms. The molecule has 128 valence electrons. The van der Waals surface area contributed by atoms with Gasteiger partial charge in [-0.25, -0.2) is 9.97 Å². The number of nitrogens with zero attached hydrogens (tertiary/aromatic N) is 2. The highest BCUT2D eigenvalue weighted by molar-refractivity contribution is 6.36. The Balaban J connectivity index is 2.12. The molecule has 5 nitrogen and oxygen atoms in total. The first-order valence-corrected chi connectivity index (χ1v) is 8.46. The molecule has 0 saturated carbocycles. The number of aryl methyl sites for hydroxylation is 1. The number of aromatic nitrogens is 2. The van der Waals surface area contributed by atoms with Gasteiger partial charge in [-0.3, -0.25) is 4.79 Å². The van der Waals surface area contributed by atoms with E-state index in [-0.39, 0.29) is 11.6 Å². The highest BCUT2D eigenvalue weighted by Gasteiger charge is 2.13. The Labute approximate surface area is 151 Å². The lowest BCUT2D eigenvalue weighted by molar-refractivity contribution is 0.102. The second-order valence-electron chi connectivity index (χ2n) is 5.87. The van der Waals surface area contributed by atoms with Crippen LogP contribution in [0.15, 0.2) is 24.3 Å². The topological polar surface area (TPSA) is 66.9 Å². The van der Waals surface area contributed by atoms with Gasteiger partial charge in [0.25, 0.3) is 5.91 Å². The van der Waals surface area contributed by atoms with Crippen molar-refractivity contribution >= 4 is 40.6 Å². The highest BCUT2D eigenvalue weighted by Crippen LogP contribution is 2.25. The molecular formula is C17H20Cl2N4O. The van der Waals surface area contributed by atoms with Crippen LogP contribution in [0.1, 0.15) is 36.6 Å². The van der Waals surface area contributed by atoms with E-state index in [0.29, 0.717) is 33.3 Å². The summed E-state index contributed by atoms with van der Waals surface area (Å²) in [5, 5.41) is 6.83. The fourth-order valence-corrected chi connectivity index (χ4v) is 2.50. The molecule has 0 aliphatic heterocycles. The van der Waals surface area contributed by atoms with E-state index in [4.69, 9.17) is 23.2 Å². The van der Waals surface area contributed by atoms with Crippen LogP contribution in [0, 0.1) is 12.8 Å². The molecule has 0 radical (unpaired) electrons. The smallest absolute Gasteiger partial charge is 0.274 e. The Bertz CT molecular complexity index is 735. The Morgan fingerprint density at radius 3 is 2.62 bits per heavy atom. The van der Waals surface area contributed by atoms with Crippen LogP contribution in [0.25, 0.3) is 0 Å². The molecule has 2 rings (SSSR count). The van der Waals surface area contributed by atoms with E-state index in [9.17, 15) is 4.79 Å². The van der Waals surface area contributed by atoms with Crippen molar-refractivity contribution in [1.82, 2.24) is 9.97 Å². The van der Waals surface area contributed by atoms with Gasteiger partial charge in [-0.05, 0) is 37.5 Å². The summed E-state index contributed by atoms with van der Waals surface area (Å²) in [6, 6.07) is 6.51. The van der Waals surface area contributed by atoms with Gasteiger partial charge in [-0.1, -0.05) is 37.0 Å². The molecule has 1 amide bonds. The van der Waals surface area contributed by atoms with Gasteiger partial charge < -0.3 is 10.6 Å². The first-order valence-electron chi connectivity index (χ1n) is 7.71. The van der Waals surface area contributed by atoms with E-state index < -0.39 is 0 Å². The molecule has 0 unspecified atom stereocenters. The number of halogens is 2. The maximum Gasteiger partial charge on any atom is 0.274 e. The van der Waals surface area contributed by atoms with Crippen LogP contribution >= 0.6 is 23.2 Å². The van der Waals surface area contributed by atoms with Crippen molar-refractivity contribution in [3.8, 4) is 0 Å². The van der Waals surface area contributed by atoms with E-state index in [1.807, 2.05) is 0 Å². The van der Waals surface area contributed by atoms with Gasteiger partial charge in [-0.2, -0.15) is 0 Å². The lowest BCUT2D eigenvalue weighted by Crippen LogP contribution is -2.16. The number of amides is 1. The highest BCUT2D eigenvalue weighted by atomic mass is 35.5. The molecule has 2 N–H and O–H groups in total. The minimum absolute atomic E-state index is 0.278. The standard InChI is InChI=1S/C17H20Cl2N4O/c1-10(2)6-7-20-16-9-15(21-11(3)22-16)17(24)23-14-5-4-12(18)8-13(14)19/h4-5,8-10H,6-7H2,1-3H3,(H,23,24)(H,20,21,22). The quantitative estimate of drug-likeness (QED) is 0.770. The summed E-state index contributed by atoms with van der Waals surface area (Å²) < 4.78 is 0. The predicted molar refractivity (Wildman–Crippen MR) is 99.1 cm³/mol. The summed E-state index contributed by atoms with van der Waals surface area (Å²) in [6.45, 7) is 6.85. The Morgan fingerprint density at radius 1 is 1.21 bits per heavy atom. The summed E-state index contributed by atoms with van der Waals surface area (Å²) in [5.41, 5.74) is 0.761. The molecule has 0 aliphatic rings. The Hall–Kier alpha value is -1.85. The van der Waals surface area contributed by atoms with Gasteiger partial charge >= 0.3 is 0 Å². The zero-order valence-corrected chi connectivity index (χ0v) is 15.4. The van der Waals surface area contributed by atoms with Gasteiger partial charge in [0.1, 0.15) is 17.3 Å². The number of carbonyl (C=O) groups is 1. The van der Waals surface area contributed by atoms with Crippen molar-refractivity contribution in [2.75, 3.05) is 17.2 Å². The fourth-order valence-electron chi connectivity index (χ4n) is 2.04. The van der Waals surface area contributed by atoms with Crippen LogP contribution in [-0.2, 0) is 0 Å². The second-order valence-corrected chi connectivity index (χ2v) is 6.72. The van der Waals surface area contributed by atoms with Crippen LogP contribution in [0.3, 0.4) is 0 Å². The van der Waals surface area contributed by atoms with Crippen LogP contribution in [0.4, 0.5) is 11.5 Å². The molecule has 7 heteroatoms. The van der Waals surface area contributed by atoms with Crippen molar-refractivity contribution in [2.24, 2.45) is 5.92 Å². The summed E-state index contributed by atoms with van der Waals surface area (Å²) in [5.74, 6) is 1.40. The van der Waals surface area contributed by atoms with Crippen molar-refractivity contribution in [3.63, 3.8) is 0 Å². The van der Waals surface area contributed by atoms with Gasteiger partial charge in [0.2, 0.25) is 0 Å².